The number of ether oxygens (including phenoxy) is 2. The normalized spacial score (nSPS) is 18.2. The monoisotopic (exact) mass is 265 g/mol. The molecule has 2 N–H and O–H groups in total. The number of phenols is 1. The molecule has 1 aromatic carbocycles. The van der Waals surface area contributed by atoms with Crippen LogP contribution < -0.4 is 10.1 Å². The summed E-state index contributed by atoms with van der Waals surface area (Å²) >= 11 is 0. The number of hydrogen-bond acceptors (Lipinski definition) is 4. The third-order valence-corrected chi connectivity index (χ3v) is 2.72. The molecule has 0 radical (unpaired) electrons. The minimum absolute atomic E-state index is 0.188. The van der Waals surface area contributed by atoms with Crippen LogP contribution in [0.5, 0.6) is 11.5 Å². The molecular weight excluding hydrogens is 246 g/mol. The Morgan fingerprint density at radius 2 is 2.21 bits per heavy atom. The minimum atomic E-state index is -0.528. The summed E-state index contributed by atoms with van der Waals surface area (Å²) in [6.45, 7) is 5.80. The lowest BCUT2D eigenvalue weighted by molar-refractivity contribution is 0.0481. The number of amides is 1. The summed E-state index contributed by atoms with van der Waals surface area (Å²) in [5.74, 6) is 0.857. The highest BCUT2D eigenvalue weighted by Gasteiger charge is 2.25. The molecular formula is C14H19NO4. The lowest BCUT2D eigenvalue weighted by Gasteiger charge is -2.28. The Balaban J connectivity index is 1.99. The first-order valence-electron chi connectivity index (χ1n) is 6.28. The van der Waals surface area contributed by atoms with Crippen LogP contribution >= 0.6 is 0 Å². The summed E-state index contributed by atoms with van der Waals surface area (Å²) in [5.41, 5.74) is 0.189. The molecule has 1 atom stereocenters. The van der Waals surface area contributed by atoms with Crippen LogP contribution in [0.2, 0.25) is 0 Å². The molecule has 1 aromatic rings. The molecule has 5 nitrogen and oxygen atoms in total. The van der Waals surface area contributed by atoms with E-state index in [1.807, 2.05) is 20.8 Å². The maximum absolute atomic E-state index is 11.7. The van der Waals surface area contributed by atoms with Crippen molar-refractivity contribution in [2.24, 2.45) is 0 Å². The molecule has 0 aromatic heterocycles. The van der Waals surface area contributed by atoms with Crippen LogP contribution in [0, 0.1) is 0 Å². The third-order valence-electron chi connectivity index (χ3n) is 2.72. The van der Waals surface area contributed by atoms with Crippen LogP contribution in [0.15, 0.2) is 18.2 Å². The van der Waals surface area contributed by atoms with Crippen LogP contribution in [0.3, 0.4) is 0 Å². The molecule has 0 saturated heterocycles. The summed E-state index contributed by atoms with van der Waals surface area (Å²) in [6, 6.07) is 4.95. The van der Waals surface area contributed by atoms with E-state index < -0.39 is 11.7 Å². The molecule has 0 unspecified atom stereocenters. The van der Waals surface area contributed by atoms with Gasteiger partial charge in [0.05, 0.1) is 6.04 Å². The van der Waals surface area contributed by atoms with Crippen molar-refractivity contribution in [3.8, 4) is 11.5 Å². The number of carbonyl (C=O) groups excluding carboxylic acids is 1. The van der Waals surface area contributed by atoms with Gasteiger partial charge in [0.25, 0.3) is 0 Å². The number of fused-ring (bicyclic) bond motifs is 1. The van der Waals surface area contributed by atoms with Gasteiger partial charge >= 0.3 is 6.09 Å². The maximum atomic E-state index is 11.7. The van der Waals surface area contributed by atoms with Crippen molar-refractivity contribution in [3.05, 3.63) is 23.8 Å². The van der Waals surface area contributed by atoms with Gasteiger partial charge in [-0.15, -0.1) is 0 Å². The van der Waals surface area contributed by atoms with Crippen LogP contribution in [0.4, 0.5) is 4.79 Å². The number of aromatic hydroxyl groups is 1. The first-order chi connectivity index (χ1) is 8.85. The van der Waals surface area contributed by atoms with Gasteiger partial charge in [0.2, 0.25) is 0 Å². The fraction of sp³-hybridized carbons (Fsp3) is 0.500. The molecule has 5 heteroatoms. The first kappa shape index (κ1) is 13.5. The molecule has 0 saturated carbocycles. The third kappa shape index (κ3) is 3.53. The van der Waals surface area contributed by atoms with E-state index in [1.54, 1.807) is 18.2 Å². The number of benzene rings is 1. The van der Waals surface area contributed by atoms with Crippen molar-refractivity contribution in [1.29, 1.82) is 0 Å². The zero-order chi connectivity index (χ0) is 14.0. The Morgan fingerprint density at radius 1 is 1.47 bits per heavy atom. The van der Waals surface area contributed by atoms with Crippen molar-refractivity contribution >= 4 is 6.09 Å². The van der Waals surface area contributed by atoms with Crippen LogP contribution in [-0.4, -0.2) is 29.4 Å². The molecule has 0 fully saturated rings. The highest BCUT2D eigenvalue weighted by Crippen LogP contribution is 2.31. The predicted octanol–water partition coefficient (Wildman–Crippen LogP) is 2.22. The van der Waals surface area contributed by atoms with Gasteiger partial charge in [-0.3, -0.25) is 0 Å². The number of alkyl carbamates (subject to hydrolysis) is 1. The second kappa shape index (κ2) is 4.99. The highest BCUT2D eigenvalue weighted by atomic mass is 16.6. The second-order valence-electron chi connectivity index (χ2n) is 5.61. The van der Waals surface area contributed by atoms with Gasteiger partial charge in [-0.05, 0) is 32.9 Å². The van der Waals surface area contributed by atoms with E-state index in [-0.39, 0.29) is 11.8 Å². The Bertz CT molecular complexity index is 479. The second-order valence-corrected chi connectivity index (χ2v) is 5.61. The van der Waals surface area contributed by atoms with Crippen LogP contribution in [-0.2, 0) is 11.2 Å². The molecule has 0 spiro atoms. The summed E-state index contributed by atoms with van der Waals surface area (Å²) in [6.07, 6.45) is 0.0568. The zero-order valence-electron chi connectivity index (χ0n) is 11.4. The molecule has 0 bridgehead atoms. The molecule has 2 rings (SSSR count). The van der Waals surface area contributed by atoms with Gasteiger partial charge in [-0.1, -0.05) is 6.07 Å². The summed E-state index contributed by atoms with van der Waals surface area (Å²) < 4.78 is 10.7. The van der Waals surface area contributed by atoms with Crippen molar-refractivity contribution in [3.63, 3.8) is 0 Å². The molecule has 104 valence electrons. The standard InChI is InChI=1S/C14H19NO4/c1-14(2,3)19-13(17)15-9-7-10-11(16)5-4-6-12(10)18-8-9/h4-6,9,16H,7-8H2,1-3H3,(H,15,17)/t9-/m0/s1. The van der Waals surface area contributed by atoms with Gasteiger partial charge in [0, 0.05) is 12.0 Å². The SMILES string of the molecule is CC(C)(C)OC(=O)N[C@@H]1COc2cccc(O)c2C1. The predicted molar refractivity (Wildman–Crippen MR) is 70.5 cm³/mol. The number of hydrogen-bond donors (Lipinski definition) is 2. The minimum Gasteiger partial charge on any atom is -0.508 e. The number of nitrogens with one attached hydrogen (secondary N) is 1. The molecule has 1 aliphatic heterocycles. The van der Waals surface area contributed by atoms with E-state index in [1.165, 1.54) is 0 Å². The Hall–Kier alpha value is -1.91. The Morgan fingerprint density at radius 3 is 2.89 bits per heavy atom. The first-order valence-corrected chi connectivity index (χ1v) is 6.28. The van der Waals surface area contributed by atoms with Crippen molar-refractivity contribution in [1.82, 2.24) is 5.32 Å². The lowest BCUT2D eigenvalue weighted by Crippen LogP contribution is -2.44. The maximum Gasteiger partial charge on any atom is 0.408 e. The van der Waals surface area contributed by atoms with E-state index >= 15 is 0 Å². The topological polar surface area (TPSA) is 67.8 Å². The van der Waals surface area contributed by atoms with Crippen LogP contribution in [0.25, 0.3) is 0 Å². The molecule has 0 aliphatic carbocycles. The van der Waals surface area contributed by atoms with Gasteiger partial charge < -0.3 is 19.9 Å². The Labute approximate surface area is 112 Å². The highest BCUT2D eigenvalue weighted by molar-refractivity contribution is 5.68. The molecule has 1 heterocycles. The fourth-order valence-corrected chi connectivity index (χ4v) is 1.96. The average Bonchev–Trinajstić information content (AvgIpc) is 2.27. The summed E-state index contributed by atoms with van der Waals surface area (Å²) in [4.78, 5) is 11.7. The van der Waals surface area contributed by atoms with Gasteiger partial charge in [-0.25, -0.2) is 4.79 Å². The zero-order valence-corrected chi connectivity index (χ0v) is 11.4. The van der Waals surface area contributed by atoms with E-state index in [4.69, 9.17) is 9.47 Å². The van der Waals surface area contributed by atoms with Crippen molar-refractivity contribution in [2.75, 3.05) is 6.61 Å². The van der Waals surface area contributed by atoms with Gasteiger partial charge in [0.1, 0.15) is 23.7 Å². The molecule has 1 amide bonds. The van der Waals surface area contributed by atoms with Crippen molar-refractivity contribution < 1.29 is 19.4 Å². The van der Waals surface area contributed by atoms with E-state index in [0.717, 1.165) is 5.56 Å². The largest absolute Gasteiger partial charge is 0.508 e. The van der Waals surface area contributed by atoms with E-state index in [0.29, 0.717) is 18.8 Å². The van der Waals surface area contributed by atoms with Gasteiger partial charge in [0.15, 0.2) is 0 Å². The number of phenolic OH excluding ortho intramolecular Hbond substituents is 1. The number of rotatable bonds is 1. The quantitative estimate of drug-likeness (QED) is 0.817. The lowest BCUT2D eigenvalue weighted by atomic mass is 10.0. The summed E-state index contributed by atoms with van der Waals surface area (Å²) in [5, 5.41) is 12.5. The van der Waals surface area contributed by atoms with Gasteiger partial charge in [-0.2, -0.15) is 0 Å². The van der Waals surface area contributed by atoms with E-state index in [9.17, 15) is 9.90 Å². The smallest absolute Gasteiger partial charge is 0.408 e. The average molecular weight is 265 g/mol. The van der Waals surface area contributed by atoms with E-state index in [2.05, 4.69) is 5.32 Å². The fourth-order valence-electron chi connectivity index (χ4n) is 1.96. The molecule has 1 aliphatic rings. The number of carbonyl (C=O) groups is 1. The van der Waals surface area contributed by atoms with Crippen LogP contribution in [0.1, 0.15) is 26.3 Å². The van der Waals surface area contributed by atoms with Crippen molar-refractivity contribution in [2.45, 2.75) is 38.8 Å². The Kier molecular flexibility index (Phi) is 3.55. The molecule has 19 heavy (non-hydrogen) atoms. The summed E-state index contributed by atoms with van der Waals surface area (Å²) in [7, 11) is 0.